The summed E-state index contributed by atoms with van der Waals surface area (Å²) in [5.74, 6) is 0.995. The lowest BCUT2D eigenvalue weighted by Gasteiger charge is -2.13. The molecule has 0 aliphatic carbocycles. The van der Waals surface area contributed by atoms with Gasteiger partial charge >= 0.3 is 0 Å². The van der Waals surface area contributed by atoms with Crippen LogP contribution in [0.5, 0.6) is 0 Å². The van der Waals surface area contributed by atoms with Gasteiger partial charge in [0.2, 0.25) is 0 Å². The molecule has 0 N–H and O–H groups in total. The van der Waals surface area contributed by atoms with Crippen LogP contribution >= 0.6 is 0 Å². The van der Waals surface area contributed by atoms with Crippen LogP contribution in [0.1, 0.15) is 13.3 Å². The Labute approximate surface area is 60.8 Å². The largest absolute Gasteiger partial charge is 0.205 e. The summed E-state index contributed by atoms with van der Waals surface area (Å²) < 4.78 is 10.4. The summed E-state index contributed by atoms with van der Waals surface area (Å²) in [6.45, 7) is 2.15. The van der Waals surface area contributed by atoms with E-state index in [-0.39, 0.29) is 9.45 Å². The monoisotopic (exact) mass is 162 g/mol. The van der Waals surface area contributed by atoms with E-state index in [1.54, 1.807) is 0 Å². The zero-order valence-electron chi connectivity index (χ0n) is 5.37. The number of hydrogen-bond acceptors (Lipinski definition) is 1. The van der Waals surface area contributed by atoms with Gasteiger partial charge in [-0.15, -0.1) is 0 Å². The van der Waals surface area contributed by atoms with E-state index in [1.165, 1.54) is 0 Å². The maximum Gasteiger partial charge on any atom is 0.121 e. The summed E-state index contributed by atoms with van der Waals surface area (Å²) in [5.41, 5.74) is 0. The minimum atomic E-state index is 0.0779. The van der Waals surface area contributed by atoms with Gasteiger partial charge in [-0.3, -0.25) is 0 Å². The molecule has 0 aromatic carbocycles. The number of hydrogen-bond donors (Lipinski definition) is 0. The van der Waals surface area contributed by atoms with Gasteiger partial charge in [-0.1, -0.05) is 28.5 Å². The average Bonchev–Trinajstić information content (AvgIpc) is 1.89. The van der Waals surface area contributed by atoms with Gasteiger partial charge in [-0.25, -0.2) is 4.21 Å². The van der Waals surface area contributed by atoms with Crippen molar-refractivity contribution in [2.45, 2.75) is 18.6 Å². The molecule has 0 spiro atoms. The predicted octanol–water partition coefficient (Wildman–Crippen LogP) is 1.08. The second-order valence-corrected chi connectivity index (χ2v) is 5.86. The molecule has 1 nitrogen and oxygen atoms in total. The summed E-state index contributed by atoms with van der Waals surface area (Å²) in [5, 5.41) is 0.609. The van der Waals surface area contributed by atoms with E-state index in [4.69, 9.17) is 0 Å². The van der Waals surface area contributed by atoms with E-state index in [0.29, 0.717) is 5.25 Å². The lowest BCUT2D eigenvalue weighted by molar-refractivity contribution is 0.701. The van der Waals surface area contributed by atoms with E-state index in [2.05, 4.69) is 19.1 Å². The molecule has 0 amide bonds. The second kappa shape index (κ2) is 3.32. The Kier molecular flexibility index (Phi) is 2.66. The zero-order valence-corrected chi connectivity index (χ0v) is 7.00. The predicted molar refractivity (Wildman–Crippen MR) is 43.6 cm³/mol. The van der Waals surface area contributed by atoms with Crippen molar-refractivity contribution >= 4 is 19.7 Å². The van der Waals surface area contributed by atoms with Gasteiger partial charge in [0, 0.05) is 11.0 Å². The van der Waals surface area contributed by atoms with Crippen molar-refractivity contribution in [3.05, 3.63) is 12.2 Å². The average molecular weight is 162 g/mol. The molecule has 0 aromatic heterocycles. The Balaban J connectivity index is 2.75. The molecule has 0 aromatic rings. The van der Waals surface area contributed by atoms with Crippen molar-refractivity contribution in [1.29, 1.82) is 0 Å². The molecule has 2 unspecified atom stereocenters. The van der Waals surface area contributed by atoms with E-state index in [9.17, 15) is 4.21 Å². The van der Waals surface area contributed by atoms with Gasteiger partial charge in [0.25, 0.3) is 0 Å². The van der Waals surface area contributed by atoms with Crippen LogP contribution in [-0.2, 0) is 19.7 Å². The zero-order chi connectivity index (χ0) is 6.69. The molecule has 1 rings (SSSR count). The molecular formula is C6H10OS2. The van der Waals surface area contributed by atoms with E-state index < -0.39 is 0 Å². The first kappa shape index (κ1) is 7.22. The van der Waals surface area contributed by atoms with Crippen molar-refractivity contribution in [3.63, 3.8) is 0 Å². The fourth-order valence-corrected chi connectivity index (χ4v) is 3.03. The summed E-state index contributed by atoms with van der Waals surface area (Å²) in [7, 11) is 0.858. The quantitative estimate of drug-likeness (QED) is 0.487. The first-order chi connectivity index (χ1) is 4.34. The molecule has 3 heteroatoms. The molecule has 9 heavy (non-hydrogen) atoms. The fourth-order valence-electron chi connectivity index (χ4n) is 0.817. The van der Waals surface area contributed by atoms with Gasteiger partial charge in [-0.05, 0) is 6.42 Å². The maximum atomic E-state index is 10.4. The SMILES string of the molecule is CC1CC=CCS1=S=O. The normalized spacial score (nSPS) is 34.3. The van der Waals surface area contributed by atoms with Gasteiger partial charge in [0.1, 0.15) is 10.2 Å². The van der Waals surface area contributed by atoms with Crippen molar-refractivity contribution in [3.8, 4) is 0 Å². The van der Waals surface area contributed by atoms with Crippen molar-refractivity contribution in [1.82, 2.24) is 0 Å². The highest BCUT2D eigenvalue weighted by Gasteiger charge is 2.08. The lowest BCUT2D eigenvalue weighted by atomic mass is 10.3. The molecule has 2 atom stereocenters. The second-order valence-electron chi connectivity index (χ2n) is 2.13. The van der Waals surface area contributed by atoms with Crippen LogP contribution in [0, 0.1) is 0 Å². The highest BCUT2D eigenvalue weighted by Crippen LogP contribution is 2.08. The Bertz CT molecular complexity index is 179. The number of allylic oxidation sites excluding steroid dienone is 1. The van der Waals surface area contributed by atoms with Crippen LogP contribution in [-0.4, -0.2) is 15.2 Å². The highest BCUT2D eigenvalue weighted by molar-refractivity contribution is 8.31. The molecule has 52 valence electrons. The van der Waals surface area contributed by atoms with Crippen LogP contribution in [0.4, 0.5) is 0 Å². The Hall–Kier alpha value is 0.110. The third kappa shape index (κ3) is 1.76. The highest BCUT2D eigenvalue weighted by atomic mass is 32.8. The van der Waals surface area contributed by atoms with Gasteiger partial charge in [-0.2, -0.15) is 0 Å². The molecule has 0 fully saturated rings. The van der Waals surface area contributed by atoms with Gasteiger partial charge in [0.05, 0.1) is 0 Å². The maximum absolute atomic E-state index is 10.4. The third-order valence-corrected chi connectivity index (χ3v) is 5.14. The first-order valence-electron chi connectivity index (χ1n) is 2.99. The van der Waals surface area contributed by atoms with Crippen LogP contribution in [0.25, 0.3) is 0 Å². The molecule has 0 saturated heterocycles. The summed E-state index contributed by atoms with van der Waals surface area (Å²) in [6.07, 6.45) is 5.39. The fraction of sp³-hybridized carbons (Fsp3) is 0.667. The summed E-state index contributed by atoms with van der Waals surface area (Å²) in [6, 6.07) is 0. The minimum Gasteiger partial charge on any atom is -0.205 e. The summed E-state index contributed by atoms with van der Waals surface area (Å²) >= 11 is 0. The number of rotatable bonds is 0. The van der Waals surface area contributed by atoms with Crippen molar-refractivity contribution in [2.75, 3.05) is 5.75 Å². The van der Waals surface area contributed by atoms with Gasteiger partial charge in [0.15, 0.2) is 0 Å². The Morgan fingerprint density at radius 2 is 2.44 bits per heavy atom. The lowest BCUT2D eigenvalue weighted by Crippen LogP contribution is -2.14. The third-order valence-electron chi connectivity index (χ3n) is 1.43. The first-order valence-corrected chi connectivity index (χ1v) is 5.71. The molecule has 1 aliphatic heterocycles. The Morgan fingerprint density at radius 3 is 2.89 bits per heavy atom. The molecule has 0 saturated carbocycles. The molecular weight excluding hydrogens is 152 g/mol. The van der Waals surface area contributed by atoms with Crippen LogP contribution in [0.3, 0.4) is 0 Å². The van der Waals surface area contributed by atoms with Crippen LogP contribution < -0.4 is 0 Å². The Morgan fingerprint density at radius 1 is 1.67 bits per heavy atom. The molecule has 1 aliphatic rings. The van der Waals surface area contributed by atoms with E-state index in [0.717, 1.165) is 22.4 Å². The van der Waals surface area contributed by atoms with Crippen LogP contribution in [0.15, 0.2) is 12.2 Å². The van der Waals surface area contributed by atoms with Gasteiger partial charge < -0.3 is 0 Å². The van der Waals surface area contributed by atoms with Crippen LogP contribution in [0.2, 0.25) is 0 Å². The topological polar surface area (TPSA) is 17.1 Å². The molecule has 0 bridgehead atoms. The van der Waals surface area contributed by atoms with Crippen molar-refractivity contribution in [2.24, 2.45) is 0 Å². The molecule has 1 heterocycles. The molecule has 0 radical (unpaired) electrons. The van der Waals surface area contributed by atoms with Crippen molar-refractivity contribution < 1.29 is 4.21 Å². The summed E-state index contributed by atoms with van der Waals surface area (Å²) in [4.78, 5) is 0. The smallest absolute Gasteiger partial charge is 0.121 e. The standard InChI is InChI=1S/C6H10OS2/c1-6-4-2-3-5-9(6)8-7/h2-3,6H,4-5H2,1H3. The van der Waals surface area contributed by atoms with E-state index in [1.807, 2.05) is 0 Å². The minimum absolute atomic E-state index is 0.0779. The van der Waals surface area contributed by atoms with E-state index >= 15 is 0 Å².